The molecule has 2 aliphatic heterocycles. The van der Waals surface area contributed by atoms with Crippen LogP contribution in [0.2, 0.25) is 0 Å². The molecule has 9 heteroatoms. The standard InChI is InChI=1S/C19H23BrN6O2/c20-16-3-1-15(2-4-16)14-21-24-17-13-18(25-5-9-27-10-6-25)23-19(22-17)26-7-11-28-12-8-26/h1-4,13-14H,5-12H2,(H,22,23,24)/b21-14-. The molecule has 1 aromatic carbocycles. The van der Waals surface area contributed by atoms with Gasteiger partial charge < -0.3 is 19.3 Å². The van der Waals surface area contributed by atoms with E-state index in [9.17, 15) is 0 Å². The molecule has 0 unspecified atom stereocenters. The lowest BCUT2D eigenvalue weighted by molar-refractivity contribution is 0.121. The van der Waals surface area contributed by atoms with Gasteiger partial charge >= 0.3 is 0 Å². The van der Waals surface area contributed by atoms with Crippen molar-refractivity contribution < 1.29 is 9.47 Å². The maximum absolute atomic E-state index is 5.47. The largest absolute Gasteiger partial charge is 0.378 e. The number of hydrogen-bond donors (Lipinski definition) is 1. The summed E-state index contributed by atoms with van der Waals surface area (Å²) in [5, 5.41) is 4.35. The van der Waals surface area contributed by atoms with E-state index in [-0.39, 0.29) is 0 Å². The minimum Gasteiger partial charge on any atom is -0.378 e. The van der Waals surface area contributed by atoms with Crippen LogP contribution < -0.4 is 15.2 Å². The van der Waals surface area contributed by atoms with Gasteiger partial charge in [-0.05, 0) is 17.7 Å². The Balaban J connectivity index is 1.54. The van der Waals surface area contributed by atoms with Crippen molar-refractivity contribution in [2.45, 2.75) is 0 Å². The van der Waals surface area contributed by atoms with Gasteiger partial charge in [0.2, 0.25) is 5.95 Å². The van der Waals surface area contributed by atoms with E-state index in [0.29, 0.717) is 38.2 Å². The van der Waals surface area contributed by atoms with E-state index in [1.807, 2.05) is 30.3 Å². The van der Waals surface area contributed by atoms with Crippen molar-refractivity contribution in [3.63, 3.8) is 0 Å². The van der Waals surface area contributed by atoms with Crippen LogP contribution in [-0.4, -0.2) is 68.8 Å². The normalized spacial score (nSPS) is 17.9. The number of morpholine rings is 2. The first-order valence-electron chi connectivity index (χ1n) is 9.37. The molecule has 2 aliphatic rings. The predicted molar refractivity (Wildman–Crippen MR) is 113 cm³/mol. The molecule has 2 fully saturated rings. The summed E-state index contributed by atoms with van der Waals surface area (Å²) >= 11 is 3.44. The van der Waals surface area contributed by atoms with Crippen molar-refractivity contribution in [2.24, 2.45) is 5.10 Å². The van der Waals surface area contributed by atoms with Crippen molar-refractivity contribution in [1.29, 1.82) is 0 Å². The lowest BCUT2D eigenvalue weighted by Crippen LogP contribution is -2.39. The molecule has 4 rings (SSSR count). The van der Waals surface area contributed by atoms with Crippen LogP contribution in [0.4, 0.5) is 17.6 Å². The number of benzene rings is 1. The lowest BCUT2D eigenvalue weighted by atomic mass is 10.2. The maximum atomic E-state index is 5.47. The second-order valence-electron chi connectivity index (χ2n) is 6.53. The van der Waals surface area contributed by atoms with E-state index < -0.39 is 0 Å². The van der Waals surface area contributed by atoms with Crippen LogP contribution >= 0.6 is 15.9 Å². The van der Waals surface area contributed by atoms with Crippen LogP contribution in [0.1, 0.15) is 5.56 Å². The van der Waals surface area contributed by atoms with E-state index in [0.717, 1.165) is 42.0 Å². The quantitative estimate of drug-likeness (QED) is 0.557. The van der Waals surface area contributed by atoms with Crippen molar-refractivity contribution in [3.05, 3.63) is 40.4 Å². The van der Waals surface area contributed by atoms with Gasteiger partial charge in [0.15, 0.2) is 5.82 Å². The zero-order valence-electron chi connectivity index (χ0n) is 15.6. The van der Waals surface area contributed by atoms with Gasteiger partial charge in [-0.2, -0.15) is 15.1 Å². The van der Waals surface area contributed by atoms with Crippen molar-refractivity contribution >= 4 is 39.7 Å². The second kappa shape index (κ2) is 9.31. The first-order chi connectivity index (χ1) is 13.8. The number of halogens is 1. The Morgan fingerprint density at radius 2 is 1.57 bits per heavy atom. The van der Waals surface area contributed by atoms with Crippen LogP contribution in [-0.2, 0) is 9.47 Å². The summed E-state index contributed by atoms with van der Waals surface area (Å²) < 4.78 is 12.0. The molecule has 0 bridgehead atoms. The summed E-state index contributed by atoms with van der Waals surface area (Å²) in [6, 6.07) is 9.90. The Morgan fingerprint density at radius 1 is 0.929 bits per heavy atom. The number of ether oxygens (including phenoxy) is 2. The van der Waals surface area contributed by atoms with Gasteiger partial charge in [-0.3, -0.25) is 5.43 Å². The minimum absolute atomic E-state index is 0.673. The Morgan fingerprint density at radius 3 is 2.25 bits per heavy atom. The number of nitrogens with one attached hydrogen (secondary N) is 1. The first kappa shape index (κ1) is 19.1. The molecule has 148 valence electrons. The van der Waals surface area contributed by atoms with Crippen molar-refractivity contribution in [3.8, 4) is 0 Å². The molecule has 3 heterocycles. The highest BCUT2D eigenvalue weighted by Crippen LogP contribution is 2.22. The van der Waals surface area contributed by atoms with Gasteiger partial charge in [-0.1, -0.05) is 28.1 Å². The molecular weight excluding hydrogens is 424 g/mol. The number of hydrazone groups is 1. The molecule has 0 amide bonds. The monoisotopic (exact) mass is 446 g/mol. The Bertz CT molecular complexity index is 768. The number of anilines is 3. The van der Waals surface area contributed by atoms with E-state index in [1.165, 1.54) is 0 Å². The molecule has 8 nitrogen and oxygen atoms in total. The lowest BCUT2D eigenvalue weighted by Gasteiger charge is -2.31. The fourth-order valence-corrected chi connectivity index (χ4v) is 3.32. The summed E-state index contributed by atoms with van der Waals surface area (Å²) in [5.74, 6) is 2.26. The fraction of sp³-hybridized carbons (Fsp3) is 0.421. The zero-order chi connectivity index (χ0) is 19.2. The van der Waals surface area contributed by atoms with Crippen molar-refractivity contribution in [1.82, 2.24) is 9.97 Å². The molecule has 0 atom stereocenters. The highest BCUT2D eigenvalue weighted by Gasteiger charge is 2.19. The third kappa shape index (κ3) is 4.98. The van der Waals surface area contributed by atoms with E-state index >= 15 is 0 Å². The molecule has 0 aliphatic carbocycles. The summed E-state index contributed by atoms with van der Waals surface area (Å²) in [5.41, 5.74) is 4.06. The van der Waals surface area contributed by atoms with E-state index in [4.69, 9.17) is 14.5 Å². The summed E-state index contributed by atoms with van der Waals surface area (Å²) in [6.45, 7) is 6.01. The third-order valence-corrected chi connectivity index (χ3v) is 5.12. The molecule has 0 spiro atoms. The SMILES string of the molecule is Brc1ccc(/C=N\Nc2cc(N3CCOCC3)nc(N3CCOCC3)n2)cc1. The van der Waals surface area contributed by atoms with Gasteiger partial charge in [0.05, 0.1) is 32.6 Å². The second-order valence-corrected chi connectivity index (χ2v) is 7.45. The number of nitrogens with zero attached hydrogens (tertiary/aromatic N) is 5. The van der Waals surface area contributed by atoms with Gasteiger partial charge in [-0.15, -0.1) is 0 Å². The molecule has 2 saturated heterocycles. The first-order valence-corrected chi connectivity index (χ1v) is 10.2. The average molecular weight is 447 g/mol. The molecule has 2 aromatic rings. The van der Waals surface area contributed by atoms with E-state index in [2.05, 4.69) is 41.2 Å². The number of aromatic nitrogens is 2. The maximum Gasteiger partial charge on any atom is 0.229 e. The summed E-state index contributed by atoms with van der Waals surface area (Å²) in [4.78, 5) is 13.8. The topological polar surface area (TPSA) is 75.1 Å². The molecule has 1 N–H and O–H groups in total. The highest BCUT2D eigenvalue weighted by atomic mass is 79.9. The van der Waals surface area contributed by atoms with Gasteiger partial charge in [0.25, 0.3) is 0 Å². The van der Waals surface area contributed by atoms with Crippen LogP contribution in [0.3, 0.4) is 0 Å². The zero-order valence-corrected chi connectivity index (χ0v) is 17.1. The minimum atomic E-state index is 0.673. The fourth-order valence-electron chi connectivity index (χ4n) is 3.06. The Hall–Kier alpha value is -2.23. The Labute approximate surface area is 172 Å². The van der Waals surface area contributed by atoms with Crippen LogP contribution in [0.15, 0.2) is 39.9 Å². The van der Waals surface area contributed by atoms with Gasteiger partial charge in [0.1, 0.15) is 5.82 Å². The smallest absolute Gasteiger partial charge is 0.229 e. The van der Waals surface area contributed by atoms with Gasteiger partial charge in [0, 0.05) is 36.7 Å². The Kier molecular flexibility index (Phi) is 6.35. The highest BCUT2D eigenvalue weighted by molar-refractivity contribution is 9.10. The van der Waals surface area contributed by atoms with Crippen LogP contribution in [0.5, 0.6) is 0 Å². The predicted octanol–water partition coefficient (Wildman–Crippen LogP) is 2.36. The third-order valence-electron chi connectivity index (χ3n) is 4.59. The average Bonchev–Trinajstić information content (AvgIpc) is 2.76. The summed E-state index contributed by atoms with van der Waals surface area (Å²) in [7, 11) is 0. The number of hydrogen-bond acceptors (Lipinski definition) is 8. The number of rotatable bonds is 5. The molecule has 1 aromatic heterocycles. The summed E-state index contributed by atoms with van der Waals surface area (Å²) in [6.07, 6.45) is 1.78. The van der Waals surface area contributed by atoms with Crippen LogP contribution in [0, 0.1) is 0 Å². The van der Waals surface area contributed by atoms with Crippen LogP contribution in [0.25, 0.3) is 0 Å². The van der Waals surface area contributed by atoms with E-state index in [1.54, 1.807) is 6.21 Å². The molecule has 28 heavy (non-hydrogen) atoms. The molecule has 0 saturated carbocycles. The molecule has 0 radical (unpaired) electrons. The molecular formula is C19H23BrN6O2. The van der Waals surface area contributed by atoms with Gasteiger partial charge in [-0.25, -0.2) is 0 Å². The van der Waals surface area contributed by atoms with Crippen molar-refractivity contribution in [2.75, 3.05) is 67.8 Å².